The number of rotatable bonds is 2. The average molecular weight is 191 g/mol. The normalized spacial score (nSPS) is 9.79. The molecule has 0 radical (unpaired) electrons. The van der Waals surface area contributed by atoms with Crippen LogP contribution in [0.3, 0.4) is 0 Å². The summed E-state index contributed by atoms with van der Waals surface area (Å²) >= 11 is 0. The van der Waals surface area contributed by atoms with Crippen molar-refractivity contribution in [2.75, 3.05) is 7.05 Å². The maximum Gasteiger partial charge on any atom is 0.0284 e. The highest BCUT2D eigenvalue weighted by atomic mass is 14.6. The minimum Gasteiger partial charge on any atom is -0.296 e. The van der Waals surface area contributed by atoms with E-state index in [2.05, 4.69) is 37.0 Å². The molecule has 0 unspecified atom stereocenters. The van der Waals surface area contributed by atoms with Gasteiger partial charge in [0.2, 0.25) is 0 Å². The Kier molecular flexibility index (Phi) is 6.73. The lowest BCUT2D eigenvalue weighted by Gasteiger charge is -2.03. The largest absolute Gasteiger partial charge is 0.296 e. The first-order valence-electron chi connectivity index (χ1n) is 5.29. The Morgan fingerprint density at radius 1 is 1.29 bits per heavy atom. The third-order valence-corrected chi connectivity index (χ3v) is 1.95. The van der Waals surface area contributed by atoms with Crippen molar-refractivity contribution in [2.24, 2.45) is 4.99 Å². The van der Waals surface area contributed by atoms with E-state index in [9.17, 15) is 0 Å². The Balaban J connectivity index is 0.000000791. The van der Waals surface area contributed by atoms with Gasteiger partial charge >= 0.3 is 0 Å². The van der Waals surface area contributed by atoms with Crippen molar-refractivity contribution >= 4 is 6.21 Å². The highest BCUT2D eigenvalue weighted by Crippen LogP contribution is 2.10. The van der Waals surface area contributed by atoms with E-state index in [4.69, 9.17) is 0 Å². The van der Waals surface area contributed by atoms with Crippen molar-refractivity contribution in [2.45, 2.75) is 34.1 Å². The van der Waals surface area contributed by atoms with Crippen LogP contribution in [0.5, 0.6) is 0 Å². The van der Waals surface area contributed by atoms with Gasteiger partial charge < -0.3 is 0 Å². The molecule has 0 atom stereocenters. The van der Waals surface area contributed by atoms with E-state index in [0.29, 0.717) is 0 Å². The summed E-state index contributed by atoms with van der Waals surface area (Å²) in [5.74, 6) is 0. The zero-order valence-corrected chi connectivity index (χ0v) is 9.96. The van der Waals surface area contributed by atoms with E-state index < -0.39 is 0 Å². The van der Waals surface area contributed by atoms with Crippen LogP contribution in [0.15, 0.2) is 23.2 Å². The minimum absolute atomic E-state index is 1.07. The Morgan fingerprint density at radius 2 is 1.93 bits per heavy atom. The van der Waals surface area contributed by atoms with E-state index >= 15 is 0 Å². The molecule has 0 heterocycles. The standard InChI is InChI=1S/C11H15N.C2H6/c1-4-10-7-9(2)5-6-11(10)8-12-3;1-2/h5-8H,4H2,1-3H3;1-2H3. The van der Waals surface area contributed by atoms with E-state index in [-0.39, 0.29) is 0 Å². The highest BCUT2D eigenvalue weighted by Gasteiger charge is 1.96. The topological polar surface area (TPSA) is 12.4 Å². The summed E-state index contributed by atoms with van der Waals surface area (Å²) in [5, 5.41) is 0. The van der Waals surface area contributed by atoms with Crippen LogP contribution >= 0.6 is 0 Å². The van der Waals surface area contributed by atoms with Crippen LogP contribution in [-0.2, 0) is 6.42 Å². The smallest absolute Gasteiger partial charge is 0.0284 e. The molecule has 0 spiro atoms. The zero-order chi connectivity index (χ0) is 11.0. The maximum absolute atomic E-state index is 4.02. The second-order valence-corrected chi connectivity index (χ2v) is 2.94. The zero-order valence-electron chi connectivity index (χ0n) is 9.96. The molecule has 0 aromatic heterocycles. The monoisotopic (exact) mass is 191 g/mol. The van der Waals surface area contributed by atoms with Crippen LogP contribution in [0.25, 0.3) is 0 Å². The summed E-state index contributed by atoms with van der Waals surface area (Å²) in [6.45, 7) is 8.29. The van der Waals surface area contributed by atoms with Crippen molar-refractivity contribution in [3.63, 3.8) is 0 Å². The number of aryl methyl sites for hydroxylation is 2. The summed E-state index contributed by atoms with van der Waals surface area (Å²) < 4.78 is 0. The molecular weight excluding hydrogens is 170 g/mol. The van der Waals surface area contributed by atoms with Crippen molar-refractivity contribution < 1.29 is 0 Å². The summed E-state index contributed by atoms with van der Waals surface area (Å²) in [6.07, 6.45) is 2.99. The Hall–Kier alpha value is -1.11. The van der Waals surface area contributed by atoms with E-state index in [1.807, 2.05) is 20.1 Å². The maximum atomic E-state index is 4.02. The van der Waals surface area contributed by atoms with Crippen LogP contribution < -0.4 is 0 Å². The van der Waals surface area contributed by atoms with Crippen molar-refractivity contribution in [3.8, 4) is 0 Å². The SMILES string of the molecule is CC.CCc1cc(C)ccc1C=NC. The molecule has 0 N–H and O–H groups in total. The van der Waals surface area contributed by atoms with Gasteiger partial charge in [0.1, 0.15) is 0 Å². The molecule has 0 fully saturated rings. The minimum atomic E-state index is 1.07. The van der Waals surface area contributed by atoms with Gasteiger partial charge in [-0.05, 0) is 24.5 Å². The van der Waals surface area contributed by atoms with Crippen LogP contribution in [0.4, 0.5) is 0 Å². The lowest BCUT2D eigenvalue weighted by Crippen LogP contribution is -1.91. The first-order chi connectivity index (χ1) is 6.77. The molecule has 0 saturated heterocycles. The average Bonchev–Trinajstić information content (AvgIpc) is 2.24. The molecule has 0 aliphatic carbocycles. The molecule has 1 heteroatoms. The predicted molar refractivity (Wildman–Crippen MR) is 65.4 cm³/mol. The van der Waals surface area contributed by atoms with Crippen molar-refractivity contribution in [3.05, 3.63) is 34.9 Å². The number of aliphatic imine (C=N–C) groups is 1. The molecule has 0 aliphatic heterocycles. The molecule has 0 saturated carbocycles. The number of nitrogens with zero attached hydrogens (tertiary/aromatic N) is 1. The molecular formula is C13H21N. The highest BCUT2D eigenvalue weighted by molar-refractivity contribution is 5.81. The van der Waals surface area contributed by atoms with E-state index in [0.717, 1.165) is 6.42 Å². The molecule has 0 bridgehead atoms. The van der Waals surface area contributed by atoms with E-state index in [1.54, 1.807) is 7.05 Å². The third-order valence-electron chi connectivity index (χ3n) is 1.95. The quantitative estimate of drug-likeness (QED) is 0.633. The Bertz CT molecular complexity index is 287. The fourth-order valence-electron chi connectivity index (χ4n) is 1.31. The molecule has 0 amide bonds. The molecule has 1 rings (SSSR count). The van der Waals surface area contributed by atoms with Crippen LogP contribution in [-0.4, -0.2) is 13.3 Å². The number of hydrogen-bond donors (Lipinski definition) is 0. The molecule has 14 heavy (non-hydrogen) atoms. The molecule has 1 nitrogen and oxygen atoms in total. The van der Waals surface area contributed by atoms with Crippen LogP contribution in [0, 0.1) is 6.92 Å². The summed E-state index contributed by atoms with van der Waals surface area (Å²) in [4.78, 5) is 4.02. The Labute approximate surface area is 87.9 Å². The van der Waals surface area contributed by atoms with Crippen LogP contribution in [0.2, 0.25) is 0 Å². The van der Waals surface area contributed by atoms with Crippen molar-refractivity contribution in [1.29, 1.82) is 0 Å². The third kappa shape index (κ3) is 3.73. The first-order valence-corrected chi connectivity index (χ1v) is 5.29. The van der Waals surface area contributed by atoms with Gasteiger partial charge in [-0.2, -0.15) is 0 Å². The van der Waals surface area contributed by atoms with Gasteiger partial charge in [0.25, 0.3) is 0 Å². The number of hydrogen-bond acceptors (Lipinski definition) is 1. The van der Waals surface area contributed by atoms with Crippen molar-refractivity contribution in [1.82, 2.24) is 0 Å². The van der Waals surface area contributed by atoms with Crippen LogP contribution in [0.1, 0.15) is 37.5 Å². The summed E-state index contributed by atoms with van der Waals surface area (Å²) in [5.41, 5.74) is 3.94. The number of benzene rings is 1. The second kappa shape index (κ2) is 7.31. The first kappa shape index (κ1) is 12.9. The fourth-order valence-corrected chi connectivity index (χ4v) is 1.31. The molecule has 1 aromatic carbocycles. The van der Waals surface area contributed by atoms with E-state index in [1.165, 1.54) is 16.7 Å². The van der Waals surface area contributed by atoms with Gasteiger partial charge in [-0.15, -0.1) is 0 Å². The predicted octanol–water partition coefficient (Wildman–Crippen LogP) is 3.63. The van der Waals surface area contributed by atoms with Gasteiger partial charge in [-0.3, -0.25) is 4.99 Å². The second-order valence-electron chi connectivity index (χ2n) is 2.94. The summed E-state index contributed by atoms with van der Waals surface area (Å²) in [6, 6.07) is 6.47. The lowest BCUT2D eigenvalue weighted by molar-refractivity contribution is 1.13. The summed E-state index contributed by atoms with van der Waals surface area (Å²) in [7, 11) is 1.80. The molecule has 0 aliphatic rings. The molecule has 1 aromatic rings. The van der Waals surface area contributed by atoms with Gasteiger partial charge in [0.05, 0.1) is 0 Å². The van der Waals surface area contributed by atoms with Gasteiger partial charge in [0, 0.05) is 13.3 Å². The fraction of sp³-hybridized carbons (Fsp3) is 0.462. The van der Waals surface area contributed by atoms with Gasteiger partial charge in [0.15, 0.2) is 0 Å². The van der Waals surface area contributed by atoms with Gasteiger partial charge in [-0.1, -0.05) is 44.5 Å². The van der Waals surface area contributed by atoms with Gasteiger partial charge in [-0.25, -0.2) is 0 Å². The Morgan fingerprint density at radius 3 is 2.43 bits per heavy atom. The molecule has 78 valence electrons. The lowest BCUT2D eigenvalue weighted by atomic mass is 10.0.